The van der Waals surface area contributed by atoms with Crippen molar-refractivity contribution >= 4 is 11.6 Å². The molecule has 0 spiro atoms. The second-order valence-electron chi connectivity index (χ2n) is 6.19. The fourth-order valence-electron chi connectivity index (χ4n) is 3.18. The zero-order valence-electron chi connectivity index (χ0n) is 12.9. The number of benzene rings is 1. The number of piperazine rings is 1. The monoisotopic (exact) mass is 287 g/mol. The minimum absolute atomic E-state index is 0.200. The van der Waals surface area contributed by atoms with Crippen molar-refractivity contribution in [2.75, 3.05) is 51.2 Å². The van der Waals surface area contributed by atoms with E-state index in [1.165, 1.54) is 12.1 Å². The van der Waals surface area contributed by atoms with Crippen molar-refractivity contribution in [2.45, 2.75) is 19.3 Å². The molecule has 2 saturated heterocycles. The molecule has 2 aliphatic rings. The zero-order chi connectivity index (χ0) is 14.7. The van der Waals surface area contributed by atoms with Gasteiger partial charge in [0.15, 0.2) is 0 Å². The van der Waals surface area contributed by atoms with Crippen molar-refractivity contribution in [1.29, 1.82) is 0 Å². The number of likely N-dealkylation sites (N-methyl/N-ethyl adjacent to an activating group) is 1. The molecule has 1 aromatic carbocycles. The molecule has 0 bridgehead atoms. The van der Waals surface area contributed by atoms with E-state index in [0.717, 1.165) is 57.7 Å². The largest absolute Gasteiger partial charge is 0.369 e. The van der Waals surface area contributed by atoms with Gasteiger partial charge < -0.3 is 14.7 Å². The van der Waals surface area contributed by atoms with Crippen molar-refractivity contribution < 1.29 is 4.79 Å². The fourth-order valence-corrected chi connectivity index (χ4v) is 3.18. The maximum absolute atomic E-state index is 12.6. The Balaban J connectivity index is 1.71. The highest BCUT2D eigenvalue weighted by molar-refractivity contribution is 5.95. The van der Waals surface area contributed by atoms with Crippen LogP contribution in [0.25, 0.3) is 0 Å². The molecule has 3 rings (SSSR count). The standard InChI is InChI=1S/C17H25N3O/c1-18-10-12-19(13-11-18)16-7-5-6-15(14-16)17(21)20-8-3-2-4-9-20/h5-7,14H,2-4,8-13H2,1H3. The van der Waals surface area contributed by atoms with Crippen molar-refractivity contribution in [3.05, 3.63) is 29.8 Å². The summed E-state index contributed by atoms with van der Waals surface area (Å²) >= 11 is 0. The Morgan fingerprint density at radius 1 is 0.952 bits per heavy atom. The van der Waals surface area contributed by atoms with Gasteiger partial charge in [-0.05, 0) is 44.5 Å². The van der Waals surface area contributed by atoms with Gasteiger partial charge in [0.05, 0.1) is 0 Å². The summed E-state index contributed by atoms with van der Waals surface area (Å²) < 4.78 is 0. The SMILES string of the molecule is CN1CCN(c2cccc(C(=O)N3CCCCC3)c2)CC1. The van der Waals surface area contributed by atoms with Gasteiger partial charge in [-0.3, -0.25) is 4.79 Å². The summed E-state index contributed by atoms with van der Waals surface area (Å²) in [4.78, 5) is 19.3. The summed E-state index contributed by atoms with van der Waals surface area (Å²) in [6.07, 6.45) is 3.54. The summed E-state index contributed by atoms with van der Waals surface area (Å²) in [5.41, 5.74) is 2.03. The molecular weight excluding hydrogens is 262 g/mol. The molecule has 0 unspecified atom stereocenters. The molecule has 114 valence electrons. The normalized spacial score (nSPS) is 20.6. The lowest BCUT2D eigenvalue weighted by molar-refractivity contribution is 0.0724. The maximum Gasteiger partial charge on any atom is 0.253 e. The number of rotatable bonds is 2. The van der Waals surface area contributed by atoms with Crippen LogP contribution < -0.4 is 4.90 Å². The van der Waals surface area contributed by atoms with Crippen LogP contribution in [0.3, 0.4) is 0 Å². The van der Waals surface area contributed by atoms with Crippen LogP contribution in [0.1, 0.15) is 29.6 Å². The first kappa shape index (κ1) is 14.4. The highest BCUT2D eigenvalue weighted by Crippen LogP contribution is 2.20. The Labute approximate surface area is 127 Å². The number of likely N-dealkylation sites (tertiary alicyclic amines) is 1. The molecule has 0 atom stereocenters. The van der Waals surface area contributed by atoms with Gasteiger partial charge in [-0.25, -0.2) is 0 Å². The number of hydrogen-bond donors (Lipinski definition) is 0. The first-order valence-electron chi connectivity index (χ1n) is 8.07. The first-order chi connectivity index (χ1) is 10.2. The number of hydrogen-bond acceptors (Lipinski definition) is 3. The molecule has 2 heterocycles. The van der Waals surface area contributed by atoms with Crippen LogP contribution in [0.5, 0.6) is 0 Å². The molecule has 1 aromatic rings. The zero-order valence-corrected chi connectivity index (χ0v) is 12.9. The van der Waals surface area contributed by atoms with E-state index in [9.17, 15) is 4.79 Å². The van der Waals surface area contributed by atoms with Crippen molar-refractivity contribution in [1.82, 2.24) is 9.80 Å². The van der Waals surface area contributed by atoms with Gasteiger partial charge >= 0.3 is 0 Å². The van der Waals surface area contributed by atoms with Crippen molar-refractivity contribution in [3.63, 3.8) is 0 Å². The lowest BCUT2D eigenvalue weighted by Gasteiger charge is -2.34. The second kappa shape index (κ2) is 6.48. The molecule has 2 aliphatic heterocycles. The third kappa shape index (κ3) is 3.38. The summed E-state index contributed by atoms with van der Waals surface area (Å²) in [6.45, 7) is 6.08. The minimum Gasteiger partial charge on any atom is -0.369 e. The molecule has 1 amide bonds. The average molecular weight is 287 g/mol. The van der Waals surface area contributed by atoms with Gasteiger partial charge in [-0.1, -0.05) is 6.07 Å². The topological polar surface area (TPSA) is 26.8 Å². The molecular formula is C17H25N3O. The maximum atomic E-state index is 12.6. The summed E-state index contributed by atoms with van der Waals surface area (Å²) in [6, 6.07) is 8.17. The van der Waals surface area contributed by atoms with Crippen LogP contribution in [0.15, 0.2) is 24.3 Å². The Bertz CT molecular complexity index is 489. The predicted molar refractivity (Wildman–Crippen MR) is 85.9 cm³/mol. The molecule has 4 nitrogen and oxygen atoms in total. The van der Waals surface area contributed by atoms with E-state index in [0.29, 0.717) is 0 Å². The fraction of sp³-hybridized carbons (Fsp3) is 0.588. The Morgan fingerprint density at radius 2 is 1.67 bits per heavy atom. The summed E-state index contributed by atoms with van der Waals surface area (Å²) in [5.74, 6) is 0.200. The summed E-state index contributed by atoms with van der Waals surface area (Å²) in [5, 5.41) is 0. The van der Waals surface area contributed by atoms with Gasteiger partial charge in [0.25, 0.3) is 5.91 Å². The van der Waals surface area contributed by atoms with Gasteiger partial charge in [-0.2, -0.15) is 0 Å². The highest BCUT2D eigenvalue weighted by Gasteiger charge is 2.20. The molecule has 0 saturated carbocycles. The summed E-state index contributed by atoms with van der Waals surface area (Å²) in [7, 11) is 2.16. The van der Waals surface area contributed by atoms with E-state index in [-0.39, 0.29) is 5.91 Å². The molecule has 0 radical (unpaired) electrons. The van der Waals surface area contributed by atoms with E-state index in [1.54, 1.807) is 0 Å². The van der Waals surface area contributed by atoms with Crippen molar-refractivity contribution in [3.8, 4) is 0 Å². The molecule has 4 heteroatoms. The third-order valence-corrected chi connectivity index (χ3v) is 4.60. The van der Waals surface area contributed by atoms with Crippen molar-refractivity contribution in [2.24, 2.45) is 0 Å². The number of carbonyl (C=O) groups is 1. The number of anilines is 1. The Kier molecular flexibility index (Phi) is 4.44. The first-order valence-corrected chi connectivity index (χ1v) is 8.07. The minimum atomic E-state index is 0.200. The molecule has 0 N–H and O–H groups in total. The van der Waals surface area contributed by atoms with Crippen LogP contribution >= 0.6 is 0 Å². The Morgan fingerprint density at radius 3 is 2.38 bits per heavy atom. The van der Waals surface area contributed by atoms with E-state index in [4.69, 9.17) is 0 Å². The van der Waals surface area contributed by atoms with Crippen LogP contribution in [-0.4, -0.2) is 62.0 Å². The smallest absolute Gasteiger partial charge is 0.253 e. The van der Waals surface area contributed by atoms with Gasteiger partial charge in [0, 0.05) is 50.5 Å². The van der Waals surface area contributed by atoms with E-state index in [1.807, 2.05) is 17.0 Å². The number of carbonyl (C=O) groups excluding carboxylic acids is 1. The quantitative estimate of drug-likeness (QED) is 0.833. The lowest BCUT2D eigenvalue weighted by atomic mass is 10.1. The predicted octanol–water partition coefficient (Wildman–Crippen LogP) is 2.06. The van der Waals surface area contributed by atoms with E-state index < -0.39 is 0 Å². The van der Waals surface area contributed by atoms with Crippen LogP contribution in [0.2, 0.25) is 0 Å². The van der Waals surface area contributed by atoms with Gasteiger partial charge in [-0.15, -0.1) is 0 Å². The average Bonchev–Trinajstić information content (AvgIpc) is 2.56. The number of amides is 1. The van der Waals surface area contributed by atoms with E-state index >= 15 is 0 Å². The molecule has 0 aliphatic carbocycles. The van der Waals surface area contributed by atoms with Crippen LogP contribution in [-0.2, 0) is 0 Å². The lowest BCUT2D eigenvalue weighted by Crippen LogP contribution is -2.44. The second-order valence-corrected chi connectivity index (χ2v) is 6.19. The molecule has 2 fully saturated rings. The molecule has 0 aromatic heterocycles. The van der Waals surface area contributed by atoms with Gasteiger partial charge in [0.1, 0.15) is 0 Å². The van der Waals surface area contributed by atoms with Crippen LogP contribution in [0, 0.1) is 0 Å². The van der Waals surface area contributed by atoms with Gasteiger partial charge in [0.2, 0.25) is 0 Å². The number of piperidine rings is 1. The van der Waals surface area contributed by atoms with E-state index in [2.05, 4.69) is 29.0 Å². The molecule has 21 heavy (non-hydrogen) atoms. The highest BCUT2D eigenvalue weighted by atomic mass is 16.2. The number of nitrogens with zero attached hydrogens (tertiary/aromatic N) is 3. The third-order valence-electron chi connectivity index (χ3n) is 4.60. The van der Waals surface area contributed by atoms with Crippen LogP contribution in [0.4, 0.5) is 5.69 Å². The Hall–Kier alpha value is -1.55.